The zero-order valence-corrected chi connectivity index (χ0v) is 14.9. The van der Waals surface area contributed by atoms with Gasteiger partial charge < -0.3 is 25.8 Å². The van der Waals surface area contributed by atoms with Crippen LogP contribution in [0.15, 0.2) is 6.33 Å². The Bertz CT molecular complexity index is 889. The Balaban J connectivity index is 1.78. The normalized spacial score (nSPS) is 34.3. The van der Waals surface area contributed by atoms with Gasteiger partial charge >= 0.3 is 7.82 Å². The summed E-state index contributed by atoms with van der Waals surface area (Å²) in [5, 5.41) is 13.8. The van der Waals surface area contributed by atoms with Crippen LogP contribution in [0.2, 0.25) is 0 Å². The first kappa shape index (κ1) is 17.6. The molecule has 2 aromatic heterocycles. The number of aliphatic hydroxyl groups is 1. The summed E-state index contributed by atoms with van der Waals surface area (Å²) < 4.78 is 28.8. The summed E-state index contributed by atoms with van der Waals surface area (Å²) in [5.41, 5.74) is 6.59. The van der Waals surface area contributed by atoms with Crippen LogP contribution in [0.5, 0.6) is 0 Å². The van der Waals surface area contributed by atoms with Crippen molar-refractivity contribution in [3.63, 3.8) is 0 Å². The number of ether oxygens (including phenoxy) is 1. The smallest absolute Gasteiger partial charge is 0.386 e. The molecule has 2 fully saturated rings. The fourth-order valence-corrected chi connectivity index (χ4v) is 4.04. The molecule has 0 aromatic carbocycles. The Morgan fingerprint density at radius 2 is 2.23 bits per heavy atom. The molecule has 5 atom stereocenters. The quantitative estimate of drug-likeness (QED) is 0.524. The molecule has 13 heteroatoms. The van der Waals surface area contributed by atoms with Crippen molar-refractivity contribution in [1.29, 1.82) is 0 Å². The minimum Gasteiger partial charge on any atom is -0.386 e. The maximum atomic E-state index is 11.7. The number of nitrogens with one attached hydrogen (secondary N) is 1. The van der Waals surface area contributed by atoms with Crippen LogP contribution in [-0.2, 0) is 18.3 Å². The summed E-state index contributed by atoms with van der Waals surface area (Å²) in [7, 11) is -4.21. The highest BCUT2D eigenvalue weighted by Crippen LogP contribution is 2.52. The summed E-state index contributed by atoms with van der Waals surface area (Å²) in [4.78, 5) is 22.0. The van der Waals surface area contributed by atoms with E-state index in [0.717, 1.165) is 0 Å². The van der Waals surface area contributed by atoms with Crippen molar-refractivity contribution >= 4 is 30.8 Å². The predicted molar refractivity (Wildman–Crippen MR) is 89.1 cm³/mol. The van der Waals surface area contributed by atoms with Gasteiger partial charge in [-0.1, -0.05) is 0 Å². The van der Waals surface area contributed by atoms with E-state index in [0.29, 0.717) is 17.1 Å². The maximum Gasteiger partial charge on any atom is 0.472 e. The lowest BCUT2D eigenvalue weighted by Crippen LogP contribution is -2.39. The van der Waals surface area contributed by atoms with Gasteiger partial charge in [0.1, 0.15) is 24.6 Å². The second kappa shape index (κ2) is 6.12. The zero-order valence-electron chi connectivity index (χ0n) is 14.0. The molecule has 4 rings (SSSR count). The van der Waals surface area contributed by atoms with Crippen molar-refractivity contribution in [3.8, 4) is 0 Å². The Labute approximate surface area is 147 Å². The summed E-state index contributed by atoms with van der Waals surface area (Å²) in [6, 6.07) is 0.0258. The van der Waals surface area contributed by atoms with Crippen LogP contribution in [0.3, 0.4) is 0 Å². The standard InChI is InChI=1S/C13H19N6O6P/c1-5(2)17-13-18-7-10(14)15-4-16-11(7)19(13)12-8(20)9-6(24-12)3-23-26(21,22)25-9/h4-6,8-9,12,20H,3H2,1-2H3,(H,17,18)(H,21,22)(H2,14,15,16). The van der Waals surface area contributed by atoms with Crippen LogP contribution in [0.1, 0.15) is 20.1 Å². The summed E-state index contributed by atoms with van der Waals surface area (Å²) >= 11 is 0. The van der Waals surface area contributed by atoms with Gasteiger partial charge in [-0.05, 0) is 13.8 Å². The molecular weight excluding hydrogens is 367 g/mol. The first-order valence-corrected chi connectivity index (χ1v) is 9.50. The van der Waals surface area contributed by atoms with Gasteiger partial charge in [0.05, 0.1) is 6.61 Å². The molecular formula is C13H19N6O6P. The third kappa shape index (κ3) is 2.84. The van der Waals surface area contributed by atoms with Crippen molar-refractivity contribution in [2.24, 2.45) is 0 Å². The van der Waals surface area contributed by atoms with Gasteiger partial charge in [-0.15, -0.1) is 0 Å². The molecule has 2 aliphatic heterocycles. The summed E-state index contributed by atoms with van der Waals surface area (Å²) in [5.74, 6) is 0.558. The van der Waals surface area contributed by atoms with Gasteiger partial charge in [0.25, 0.3) is 0 Å². The minimum absolute atomic E-state index is 0.0258. The fraction of sp³-hybridized carbons (Fsp3) is 0.615. The monoisotopic (exact) mass is 386 g/mol. The number of aliphatic hydroxyl groups excluding tert-OH is 1. The molecule has 2 aromatic rings. The van der Waals surface area contributed by atoms with E-state index in [1.54, 1.807) is 4.57 Å². The van der Waals surface area contributed by atoms with Crippen LogP contribution in [0.25, 0.3) is 11.2 Å². The molecule has 142 valence electrons. The molecule has 4 heterocycles. The van der Waals surface area contributed by atoms with Crippen LogP contribution < -0.4 is 11.1 Å². The van der Waals surface area contributed by atoms with Gasteiger partial charge in [0.15, 0.2) is 23.2 Å². The zero-order chi connectivity index (χ0) is 18.6. The van der Waals surface area contributed by atoms with Gasteiger partial charge in [0.2, 0.25) is 5.95 Å². The Morgan fingerprint density at radius 1 is 1.46 bits per heavy atom. The molecule has 5 unspecified atom stereocenters. The number of nitrogens with zero attached hydrogens (tertiary/aromatic N) is 4. The number of fused-ring (bicyclic) bond motifs is 2. The average molecular weight is 386 g/mol. The Kier molecular flexibility index (Phi) is 4.14. The molecule has 0 bridgehead atoms. The number of phosphoric ester groups is 1. The van der Waals surface area contributed by atoms with Crippen molar-refractivity contribution < 1.29 is 28.3 Å². The molecule has 5 N–H and O–H groups in total. The number of rotatable bonds is 3. The van der Waals surface area contributed by atoms with E-state index in [9.17, 15) is 14.6 Å². The Morgan fingerprint density at radius 3 is 2.96 bits per heavy atom. The highest BCUT2D eigenvalue weighted by Gasteiger charge is 2.53. The van der Waals surface area contributed by atoms with E-state index >= 15 is 0 Å². The number of anilines is 2. The van der Waals surface area contributed by atoms with E-state index < -0.39 is 32.4 Å². The van der Waals surface area contributed by atoms with Crippen molar-refractivity contribution in [1.82, 2.24) is 19.5 Å². The second-order valence-corrected chi connectivity index (χ2v) is 7.83. The van der Waals surface area contributed by atoms with Gasteiger partial charge in [-0.25, -0.2) is 19.5 Å². The van der Waals surface area contributed by atoms with E-state index in [4.69, 9.17) is 19.5 Å². The lowest BCUT2D eigenvalue weighted by atomic mass is 10.1. The molecule has 12 nitrogen and oxygen atoms in total. The lowest BCUT2D eigenvalue weighted by Gasteiger charge is -2.27. The number of nitrogen functional groups attached to an aromatic ring is 1. The highest BCUT2D eigenvalue weighted by atomic mass is 31.2. The van der Waals surface area contributed by atoms with Crippen molar-refractivity contribution in [2.45, 2.75) is 44.4 Å². The minimum atomic E-state index is -4.21. The van der Waals surface area contributed by atoms with Gasteiger partial charge in [-0.3, -0.25) is 13.6 Å². The molecule has 0 amide bonds. The number of hydrogen-bond acceptors (Lipinski definition) is 10. The molecule has 26 heavy (non-hydrogen) atoms. The van der Waals surface area contributed by atoms with E-state index in [1.165, 1.54) is 6.33 Å². The predicted octanol–water partition coefficient (Wildman–Crippen LogP) is 0.00290. The highest BCUT2D eigenvalue weighted by molar-refractivity contribution is 7.47. The molecule has 0 radical (unpaired) electrons. The third-order valence-corrected chi connectivity index (χ3v) is 5.13. The molecule has 0 aliphatic carbocycles. The van der Waals surface area contributed by atoms with Crippen LogP contribution in [0, 0.1) is 0 Å². The van der Waals surface area contributed by atoms with Gasteiger partial charge in [-0.2, -0.15) is 0 Å². The fourth-order valence-electron chi connectivity index (χ4n) is 3.08. The van der Waals surface area contributed by atoms with Gasteiger partial charge in [0, 0.05) is 6.04 Å². The van der Waals surface area contributed by atoms with Crippen LogP contribution in [0.4, 0.5) is 11.8 Å². The number of phosphoric acid groups is 1. The van der Waals surface area contributed by atoms with Crippen LogP contribution in [-0.4, -0.2) is 60.5 Å². The summed E-state index contributed by atoms with van der Waals surface area (Å²) in [6.07, 6.45) is -2.66. The number of imidazole rings is 1. The largest absolute Gasteiger partial charge is 0.472 e. The molecule has 2 saturated heterocycles. The lowest BCUT2D eigenvalue weighted by molar-refractivity contribution is -0.0659. The number of nitrogens with two attached hydrogens (primary N) is 1. The maximum absolute atomic E-state index is 11.7. The van der Waals surface area contributed by atoms with Crippen LogP contribution >= 0.6 is 7.82 Å². The molecule has 0 saturated carbocycles. The van der Waals surface area contributed by atoms with E-state index in [-0.39, 0.29) is 18.5 Å². The van der Waals surface area contributed by atoms with Crippen molar-refractivity contribution in [3.05, 3.63) is 6.33 Å². The third-order valence-electron chi connectivity index (χ3n) is 4.14. The van der Waals surface area contributed by atoms with E-state index in [1.807, 2.05) is 13.8 Å². The average Bonchev–Trinajstić information content (AvgIpc) is 3.05. The Hall–Kier alpha value is -1.82. The van der Waals surface area contributed by atoms with E-state index in [2.05, 4.69) is 20.3 Å². The second-order valence-electron chi connectivity index (χ2n) is 6.43. The summed E-state index contributed by atoms with van der Waals surface area (Å²) in [6.45, 7) is 3.66. The van der Waals surface area contributed by atoms with Crippen molar-refractivity contribution in [2.75, 3.05) is 17.7 Å². The first-order chi connectivity index (χ1) is 12.3. The number of hydrogen-bond donors (Lipinski definition) is 4. The molecule has 0 spiro atoms. The topological polar surface area (TPSA) is 167 Å². The SMILES string of the molecule is CC(C)Nc1nc2c(N)ncnc2n1C1OC2COP(=O)(O)OC2C1O. The first-order valence-electron chi connectivity index (χ1n) is 8.01. The molecule has 2 aliphatic rings. The number of aromatic nitrogens is 4.